The molecule has 1 aliphatic rings. The number of carbonyl (C=O) groups is 3. The van der Waals surface area contributed by atoms with E-state index in [0.717, 1.165) is 46.4 Å². The second-order valence-electron chi connectivity index (χ2n) is 12.8. The van der Waals surface area contributed by atoms with Gasteiger partial charge in [0, 0.05) is 43.9 Å². The van der Waals surface area contributed by atoms with E-state index in [-0.39, 0.29) is 23.3 Å². The number of nitrogens with zero attached hydrogens (tertiary/aromatic N) is 2. The summed E-state index contributed by atoms with van der Waals surface area (Å²) in [6, 6.07) is 30.5. The maximum Gasteiger partial charge on any atom is 0.246 e. The number of hydrogen-bond acceptors (Lipinski definition) is 5. The van der Waals surface area contributed by atoms with Crippen LogP contribution in [0.2, 0.25) is 0 Å². The number of benzene rings is 3. The minimum absolute atomic E-state index is 0.219. The average Bonchev–Trinajstić information content (AvgIpc) is 3.62. The molecule has 3 amide bonds. The van der Waals surface area contributed by atoms with Gasteiger partial charge in [-0.05, 0) is 71.9 Å². The van der Waals surface area contributed by atoms with Gasteiger partial charge in [0.25, 0.3) is 0 Å². The van der Waals surface area contributed by atoms with Crippen molar-refractivity contribution < 1.29 is 14.4 Å². The minimum atomic E-state index is -0.826. The van der Waals surface area contributed by atoms with Gasteiger partial charge >= 0.3 is 0 Å². The van der Waals surface area contributed by atoms with E-state index in [4.69, 9.17) is 5.73 Å². The number of rotatable bonds is 15. The van der Waals surface area contributed by atoms with Gasteiger partial charge < -0.3 is 20.9 Å². The SMILES string of the molecule is CN(C(=O)C=CCC1(N)CCC1)[C@H](Cc1ccc(-c2ccccc2)cc1)C(=O)N(C)[C@H](Cc1cccs1)C(=O)NCCc1ccccc1. The van der Waals surface area contributed by atoms with Crippen molar-refractivity contribution >= 4 is 29.1 Å². The molecule has 48 heavy (non-hydrogen) atoms. The van der Waals surface area contributed by atoms with Crippen LogP contribution in [0.1, 0.15) is 41.7 Å². The van der Waals surface area contributed by atoms with Gasteiger partial charge in [0.05, 0.1) is 0 Å². The molecule has 1 fully saturated rings. The minimum Gasteiger partial charge on any atom is -0.354 e. The number of hydrogen-bond donors (Lipinski definition) is 2. The lowest BCUT2D eigenvalue weighted by molar-refractivity contribution is -0.146. The van der Waals surface area contributed by atoms with Crippen LogP contribution in [0.15, 0.2) is 115 Å². The smallest absolute Gasteiger partial charge is 0.246 e. The predicted octanol–water partition coefficient (Wildman–Crippen LogP) is 6.04. The third-order valence-electron chi connectivity index (χ3n) is 9.37. The van der Waals surface area contributed by atoms with Gasteiger partial charge in [-0.25, -0.2) is 0 Å². The van der Waals surface area contributed by atoms with Gasteiger partial charge in [0.1, 0.15) is 12.1 Å². The lowest BCUT2D eigenvalue weighted by atomic mass is 9.75. The Balaban J connectivity index is 1.36. The predicted molar refractivity (Wildman–Crippen MR) is 194 cm³/mol. The summed E-state index contributed by atoms with van der Waals surface area (Å²) >= 11 is 1.56. The largest absolute Gasteiger partial charge is 0.354 e. The van der Waals surface area contributed by atoms with Crippen LogP contribution in [-0.2, 0) is 33.6 Å². The highest BCUT2D eigenvalue weighted by atomic mass is 32.1. The molecule has 0 unspecified atom stereocenters. The van der Waals surface area contributed by atoms with Crippen LogP contribution in [0.5, 0.6) is 0 Å². The van der Waals surface area contributed by atoms with Crippen LogP contribution in [0.25, 0.3) is 11.1 Å². The van der Waals surface area contributed by atoms with Gasteiger partial charge in [-0.15, -0.1) is 11.3 Å². The molecule has 3 N–H and O–H groups in total. The Labute approximate surface area is 288 Å². The summed E-state index contributed by atoms with van der Waals surface area (Å²) in [5.74, 6) is -0.781. The van der Waals surface area contributed by atoms with Crippen molar-refractivity contribution in [3.8, 4) is 11.1 Å². The third-order valence-corrected chi connectivity index (χ3v) is 10.3. The second kappa shape index (κ2) is 16.5. The highest BCUT2D eigenvalue weighted by Crippen LogP contribution is 2.32. The maximum absolute atomic E-state index is 14.5. The van der Waals surface area contributed by atoms with Crippen LogP contribution in [-0.4, -0.2) is 65.8 Å². The zero-order valence-corrected chi connectivity index (χ0v) is 28.7. The van der Waals surface area contributed by atoms with Crippen LogP contribution in [0, 0.1) is 0 Å². The van der Waals surface area contributed by atoms with E-state index in [1.165, 1.54) is 15.9 Å². The van der Waals surface area contributed by atoms with Crippen LogP contribution in [0.3, 0.4) is 0 Å². The Morgan fingerprint density at radius 2 is 1.48 bits per heavy atom. The van der Waals surface area contributed by atoms with Crippen LogP contribution in [0.4, 0.5) is 0 Å². The van der Waals surface area contributed by atoms with E-state index in [0.29, 0.717) is 32.2 Å². The van der Waals surface area contributed by atoms with E-state index < -0.39 is 12.1 Å². The van der Waals surface area contributed by atoms with Crippen LogP contribution >= 0.6 is 11.3 Å². The van der Waals surface area contributed by atoms with Crippen molar-refractivity contribution in [2.24, 2.45) is 5.73 Å². The maximum atomic E-state index is 14.5. The first-order valence-electron chi connectivity index (χ1n) is 16.7. The fourth-order valence-electron chi connectivity index (χ4n) is 6.08. The third kappa shape index (κ3) is 9.30. The number of nitrogens with two attached hydrogens (primary N) is 1. The first-order chi connectivity index (χ1) is 23.2. The summed E-state index contributed by atoms with van der Waals surface area (Å²) in [7, 11) is 3.34. The summed E-state index contributed by atoms with van der Waals surface area (Å²) in [6.07, 6.45) is 8.36. The fourth-order valence-corrected chi connectivity index (χ4v) is 6.83. The highest BCUT2D eigenvalue weighted by molar-refractivity contribution is 7.09. The molecule has 2 atom stereocenters. The van der Waals surface area contributed by atoms with Gasteiger partial charge in [-0.2, -0.15) is 0 Å². The first kappa shape index (κ1) is 34.8. The zero-order chi connectivity index (χ0) is 33.9. The quantitative estimate of drug-likeness (QED) is 0.152. The van der Waals surface area contributed by atoms with Gasteiger partial charge in [-0.1, -0.05) is 97.1 Å². The first-order valence-corrected chi connectivity index (χ1v) is 17.6. The van der Waals surface area contributed by atoms with Crippen molar-refractivity contribution in [1.82, 2.24) is 15.1 Å². The van der Waals surface area contributed by atoms with Gasteiger partial charge in [0.15, 0.2) is 0 Å². The number of thiophene rings is 1. The molecule has 4 aromatic rings. The summed E-state index contributed by atoms with van der Waals surface area (Å²) in [5, 5.41) is 5.03. The lowest BCUT2D eigenvalue weighted by Gasteiger charge is -2.37. The highest BCUT2D eigenvalue weighted by Gasteiger charge is 2.35. The summed E-state index contributed by atoms with van der Waals surface area (Å²) < 4.78 is 0. The molecule has 250 valence electrons. The Morgan fingerprint density at radius 1 is 0.812 bits per heavy atom. The van der Waals surface area contributed by atoms with Gasteiger partial charge in [-0.3, -0.25) is 14.4 Å². The Kier molecular flexibility index (Phi) is 12.0. The fraction of sp³-hybridized carbons (Fsp3) is 0.325. The molecule has 1 aliphatic carbocycles. The van der Waals surface area contributed by atoms with Gasteiger partial charge in [0.2, 0.25) is 17.7 Å². The monoisotopic (exact) mass is 662 g/mol. The molecule has 1 heterocycles. The normalized spacial score (nSPS) is 14.9. The van der Waals surface area contributed by atoms with E-state index in [9.17, 15) is 14.4 Å². The van der Waals surface area contributed by atoms with Crippen molar-refractivity contribution in [3.05, 3.63) is 131 Å². The summed E-state index contributed by atoms with van der Waals surface area (Å²) in [5.41, 5.74) is 10.4. The Morgan fingerprint density at radius 3 is 2.10 bits per heavy atom. The number of amides is 3. The molecule has 0 spiro atoms. The van der Waals surface area contributed by atoms with E-state index in [1.807, 2.05) is 96.4 Å². The topological polar surface area (TPSA) is 95.7 Å². The molecule has 1 saturated carbocycles. The molecule has 0 saturated heterocycles. The molecule has 7 nitrogen and oxygen atoms in total. The molecule has 3 aromatic carbocycles. The molecule has 1 aromatic heterocycles. The molecule has 0 bridgehead atoms. The molecular formula is C40H46N4O3S. The number of nitrogens with one attached hydrogen (secondary N) is 1. The molecule has 0 aliphatic heterocycles. The molecule has 8 heteroatoms. The van der Waals surface area contributed by atoms with Crippen molar-refractivity contribution in [3.63, 3.8) is 0 Å². The molecule has 0 radical (unpaired) electrons. The van der Waals surface area contributed by atoms with Crippen molar-refractivity contribution in [1.29, 1.82) is 0 Å². The van der Waals surface area contributed by atoms with Crippen molar-refractivity contribution in [2.45, 2.75) is 62.6 Å². The van der Waals surface area contributed by atoms with Crippen LogP contribution < -0.4 is 11.1 Å². The summed E-state index contributed by atoms with van der Waals surface area (Å²) in [6.45, 7) is 0.453. The average molecular weight is 663 g/mol. The summed E-state index contributed by atoms with van der Waals surface area (Å²) in [4.78, 5) is 45.7. The Bertz CT molecular complexity index is 1650. The lowest BCUT2D eigenvalue weighted by Crippen LogP contribution is -2.56. The van der Waals surface area contributed by atoms with E-state index in [2.05, 4.69) is 17.4 Å². The molecular weight excluding hydrogens is 617 g/mol. The second-order valence-corrected chi connectivity index (χ2v) is 13.9. The molecule has 5 rings (SSSR count). The Hall–Kier alpha value is -4.53. The van der Waals surface area contributed by atoms with E-state index in [1.54, 1.807) is 25.4 Å². The zero-order valence-electron chi connectivity index (χ0n) is 27.9. The standard InChI is InChI=1S/C40H46N4O3S/c1-43(37(45)17-9-23-40(41)24-11-25-40)36(28-31-18-20-33(21-19-31)32-14-7-4-8-15-32)39(47)44(2)35(29-34-16-10-27-48-34)38(46)42-26-22-30-12-5-3-6-13-30/h3-10,12-21,27,35-36H,11,22-26,28-29,41H2,1-2H3,(H,42,46)/t35-,36-/m1/s1. The number of carbonyl (C=O) groups excluding carboxylic acids is 3. The van der Waals surface area contributed by atoms with Crippen molar-refractivity contribution in [2.75, 3.05) is 20.6 Å². The number of likely N-dealkylation sites (N-methyl/N-ethyl adjacent to an activating group) is 2. The van der Waals surface area contributed by atoms with E-state index >= 15 is 0 Å².